The Kier molecular flexibility index (Phi) is 4.54. The zero-order valence-electron chi connectivity index (χ0n) is 13.7. The lowest BCUT2D eigenvalue weighted by Gasteiger charge is -2.37. The van der Waals surface area contributed by atoms with Gasteiger partial charge in [-0.1, -0.05) is 13.8 Å². The van der Waals surface area contributed by atoms with Crippen molar-refractivity contribution >= 4 is 11.9 Å². The van der Waals surface area contributed by atoms with Gasteiger partial charge in [-0.15, -0.1) is 0 Å². The third-order valence-electron chi connectivity index (χ3n) is 4.36. The number of benzene rings is 1. The van der Waals surface area contributed by atoms with Crippen LogP contribution in [0, 0.1) is 5.41 Å². The van der Waals surface area contributed by atoms with Crippen molar-refractivity contribution < 1.29 is 24.9 Å². The fourth-order valence-corrected chi connectivity index (χ4v) is 3.17. The first-order valence-corrected chi connectivity index (χ1v) is 7.67. The van der Waals surface area contributed by atoms with Gasteiger partial charge >= 0.3 is 5.97 Å². The van der Waals surface area contributed by atoms with Gasteiger partial charge in [0, 0.05) is 13.0 Å². The van der Waals surface area contributed by atoms with E-state index in [4.69, 9.17) is 5.11 Å². The highest BCUT2D eigenvalue weighted by molar-refractivity contribution is 5.79. The van der Waals surface area contributed by atoms with E-state index in [1.165, 1.54) is 12.1 Å². The number of carboxylic acids is 1. The van der Waals surface area contributed by atoms with Crippen LogP contribution in [0.1, 0.15) is 50.8 Å². The molecule has 0 saturated carbocycles. The van der Waals surface area contributed by atoms with Crippen molar-refractivity contribution in [1.82, 2.24) is 4.90 Å². The Labute approximate surface area is 135 Å². The Morgan fingerprint density at radius 1 is 1.22 bits per heavy atom. The first-order chi connectivity index (χ1) is 10.6. The highest BCUT2D eigenvalue weighted by Gasteiger charge is 2.33. The van der Waals surface area contributed by atoms with Crippen LogP contribution in [0.3, 0.4) is 0 Å². The molecule has 6 nitrogen and oxygen atoms in total. The van der Waals surface area contributed by atoms with Crippen molar-refractivity contribution in [3.63, 3.8) is 0 Å². The second-order valence-electron chi connectivity index (χ2n) is 6.96. The van der Waals surface area contributed by atoms with Crippen LogP contribution in [-0.2, 0) is 16.0 Å². The molecule has 0 bridgehead atoms. The summed E-state index contributed by atoms with van der Waals surface area (Å²) < 4.78 is 0. The zero-order chi connectivity index (χ0) is 17.4. The number of carbonyl (C=O) groups is 2. The van der Waals surface area contributed by atoms with Gasteiger partial charge in [-0.3, -0.25) is 9.59 Å². The summed E-state index contributed by atoms with van der Waals surface area (Å²) in [5.74, 6) is -1.36. The normalized spacial score (nSPS) is 17.7. The third-order valence-corrected chi connectivity index (χ3v) is 4.36. The maximum absolute atomic E-state index is 12.6. The van der Waals surface area contributed by atoms with Gasteiger partial charge in [-0.05, 0) is 42.0 Å². The molecule has 0 radical (unpaired) electrons. The molecule has 1 atom stereocenters. The minimum absolute atomic E-state index is 0.0633. The average Bonchev–Trinajstić information content (AvgIpc) is 2.39. The quantitative estimate of drug-likeness (QED) is 0.740. The second-order valence-corrected chi connectivity index (χ2v) is 6.96. The van der Waals surface area contributed by atoms with Gasteiger partial charge in [0.15, 0.2) is 11.5 Å². The molecular weight excluding hydrogens is 298 g/mol. The van der Waals surface area contributed by atoms with Crippen molar-refractivity contribution in [2.45, 2.75) is 46.1 Å². The molecule has 1 aliphatic rings. The number of amides is 1. The number of carbonyl (C=O) groups excluding carboxylic acids is 1. The molecule has 0 saturated heterocycles. The number of hydrogen-bond acceptors (Lipinski definition) is 4. The van der Waals surface area contributed by atoms with Crippen LogP contribution in [0.15, 0.2) is 12.1 Å². The number of aliphatic carboxylic acids is 1. The third kappa shape index (κ3) is 3.75. The van der Waals surface area contributed by atoms with Crippen LogP contribution in [0.25, 0.3) is 0 Å². The average molecular weight is 321 g/mol. The Bertz CT molecular complexity index is 638. The van der Waals surface area contributed by atoms with Gasteiger partial charge in [-0.25, -0.2) is 0 Å². The number of carboxylic acid groups (broad SMARTS) is 1. The van der Waals surface area contributed by atoms with Crippen molar-refractivity contribution in [1.29, 1.82) is 0 Å². The number of phenols is 2. The monoisotopic (exact) mass is 321 g/mol. The predicted octanol–water partition coefficient (Wildman–Crippen LogP) is 2.43. The van der Waals surface area contributed by atoms with E-state index in [0.717, 1.165) is 11.1 Å². The molecule has 1 unspecified atom stereocenters. The molecule has 1 aromatic carbocycles. The fraction of sp³-hybridized carbons (Fsp3) is 0.529. The first kappa shape index (κ1) is 17.1. The highest BCUT2D eigenvalue weighted by Crippen LogP contribution is 2.38. The standard InChI is InChI=1S/C17H23NO5/c1-10-12-7-14(20)13(19)6-11(12)4-5-18(10)15(21)8-17(2,3)9-16(22)23/h6-7,10,19-20H,4-5,8-9H2,1-3H3,(H,22,23). The summed E-state index contributed by atoms with van der Waals surface area (Å²) in [5, 5.41) is 28.2. The highest BCUT2D eigenvalue weighted by atomic mass is 16.4. The van der Waals surface area contributed by atoms with Crippen molar-refractivity contribution in [2.75, 3.05) is 6.54 Å². The van der Waals surface area contributed by atoms with Crippen LogP contribution in [-0.4, -0.2) is 38.6 Å². The number of rotatable bonds is 4. The fourth-order valence-electron chi connectivity index (χ4n) is 3.17. The first-order valence-electron chi connectivity index (χ1n) is 7.67. The van der Waals surface area contributed by atoms with Gasteiger partial charge in [0.25, 0.3) is 0 Å². The van der Waals surface area contributed by atoms with Crippen LogP contribution in [0.4, 0.5) is 0 Å². The van der Waals surface area contributed by atoms with Crippen LogP contribution in [0.5, 0.6) is 11.5 Å². The number of fused-ring (bicyclic) bond motifs is 1. The number of phenolic OH excluding ortho intramolecular Hbond substituents is 2. The van der Waals surface area contributed by atoms with E-state index in [9.17, 15) is 19.8 Å². The number of aromatic hydroxyl groups is 2. The number of nitrogens with zero attached hydrogens (tertiary/aromatic N) is 1. The van der Waals surface area contributed by atoms with E-state index in [0.29, 0.717) is 13.0 Å². The van der Waals surface area contributed by atoms with Gasteiger partial charge in [0.05, 0.1) is 12.5 Å². The lowest BCUT2D eigenvalue weighted by Crippen LogP contribution is -2.40. The van der Waals surface area contributed by atoms with Crippen LogP contribution >= 0.6 is 0 Å². The molecule has 1 aliphatic heterocycles. The van der Waals surface area contributed by atoms with Gasteiger partial charge in [-0.2, -0.15) is 0 Å². The van der Waals surface area contributed by atoms with E-state index in [1.54, 1.807) is 18.7 Å². The molecule has 0 aliphatic carbocycles. The molecular formula is C17H23NO5. The van der Waals surface area contributed by atoms with Crippen molar-refractivity contribution in [3.05, 3.63) is 23.3 Å². The Morgan fingerprint density at radius 2 is 1.83 bits per heavy atom. The summed E-state index contributed by atoms with van der Waals surface area (Å²) in [4.78, 5) is 25.2. The molecule has 1 heterocycles. The molecule has 3 N–H and O–H groups in total. The van der Waals surface area contributed by atoms with E-state index < -0.39 is 11.4 Å². The topological polar surface area (TPSA) is 98.1 Å². The molecule has 0 aromatic heterocycles. The molecule has 126 valence electrons. The van der Waals surface area contributed by atoms with Gasteiger partial charge in [0.2, 0.25) is 5.91 Å². The van der Waals surface area contributed by atoms with E-state index in [-0.39, 0.29) is 36.3 Å². The summed E-state index contributed by atoms with van der Waals surface area (Å²) in [6.07, 6.45) is 0.688. The van der Waals surface area contributed by atoms with Crippen molar-refractivity contribution in [3.8, 4) is 11.5 Å². The largest absolute Gasteiger partial charge is 0.504 e. The van der Waals surface area contributed by atoms with E-state index >= 15 is 0 Å². The maximum atomic E-state index is 12.6. The van der Waals surface area contributed by atoms with E-state index in [2.05, 4.69) is 0 Å². The summed E-state index contributed by atoms with van der Waals surface area (Å²) in [7, 11) is 0. The predicted molar refractivity (Wildman–Crippen MR) is 84.3 cm³/mol. The SMILES string of the molecule is CC1c2cc(O)c(O)cc2CCN1C(=O)CC(C)(C)CC(=O)O. The summed E-state index contributed by atoms with van der Waals surface area (Å²) in [6, 6.07) is 2.81. The lowest BCUT2D eigenvalue weighted by molar-refractivity contribution is -0.141. The summed E-state index contributed by atoms with van der Waals surface area (Å²) >= 11 is 0. The minimum atomic E-state index is -0.916. The van der Waals surface area contributed by atoms with Gasteiger partial charge in [0.1, 0.15) is 0 Å². The van der Waals surface area contributed by atoms with Crippen molar-refractivity contribution in [2.24, 2.45) is 5.41 Å². The van der Waals surface area contributed by atoms with Crippen LogP contribution < -0.4 is 0 Å². The lowest BCUT2D eigenvalue weighted by atomic mass is 9.84. The molecule has 0 fully saturated rings. The van der Waals surface area contributed by atoms with E-state index in [1.807, 2.05) is 6.92 Å². The maximum Gasteiger partial charge on any atom is 0.303 e. The smallest absolute Gasteiger partial charge is 0.303 e. The molecule has 2 rings (SSSR count). The Hall–Kier alpha value is -2.24. The van der Waals surface area contributed by atoms with Crippen LogP contribution in [0.2, 0.25) is 0 Å². The Balaban J connectivity index is 2.17. The molecule has 0 spiro atoms. The minimum Gasteiger partial charge on any atom is -0.504 e. The number of hydrogen-bond donors (Lipinski definition) is 3. The molecule has 1 aromatic rings. The molecule has 6 heteroatoms. The summed E-state index contributed by atoms with van der Waals surface area (Å²) in [6.45, 7) is 5.92. The molecule has 23 heavy (non-hydrogen) atoms. The Morgan fingerprint density at radius 3 is 2.43 bits per heavy atom. The molecule has 1 amide bonds. The zero-order valence-corrected chi connectivity index (χ0v) is 13.7. The second kappa shape index (κ2) is 6.10. The van der Waals surface area contributed by atoms with Gasteiger partial charge < -0.3 is 20.2 Å². The summed E-state index contributed by atoms with van der Waals surface area (Å²) in [5.41, 5.74) is 1.12.